The first kappa shape index (κ1) is 15.1. The van der Waals surface area contributed by atoms with Gasteiger partial charge in [-0.3, -0.25) is 0 Å². The van der Waals surface area contributed by atoms with E-state index in [2.05, 4.69) is 0 Å². The zero-order valence-corrected chi connectivity index (χ0v) is 11.9. The predicted molar refractivity (Wildman–Crippen MR) is 81.5 cm³/mol. The first-order valence-electron chi connectivity index (χ1n) is 6.68. The van der Waals surface area contributed by atoms with Crippen molar-refractivity contribution in [2.75, 3.05) is 0 Å². The Morgan fingerprint density at radius 2 is 1.58 bits per heavy atom. The van der Waals surface area contributed by atoms with E-state index in [4.69, 9.17) is 0 Å². The van der Waals surface area contributed by atoms with Crippen molar-refractivity contribution < 1.29 is 29.1 Å². The third-order valence-electron chi connectivity index (χ3n) is 4.04. The van der Waals surface area contributed by atoms with Crippen LogP contribution in [-0.2, 0) is 24.0 Å². The van der Waals surface area contributed by atoms with Crippen molar-refractivity contribution in [3.8, 4) is 0 Å². The van der Waals surface area contributed by atoms with E-state index in [1.807, 2.05) is 0 Å². The van der Waals surface area contributed by atoms with Gasteiger partial charge in [0.1, 0.15) is 23.8 Å². The molecule has 0 aliphatic heterocycles. The van der Waals surface area contributed by atoms with Gasteiger partial charge in [-0.25, -0.2) is 24.0 Å². The van der Waals surface area contributed by atoms with E-state index in [0.29, 0.717) is 16.7 Å². The summed E-state index contributed by atoms with van der Waals surface area (Å²) >= 11 is 0. The molecule has 0 heterocycles. The molecule has 1 unspecified atom stereocenters. The van der Waals surface area contributed by atoms with E-state index in [1.54, 1.807) is 30.0 Å². The molecule has 6 nitrogen and oxygen atoms in total. The van der Waals surface area contributed by atoms with E-state index < -0.39 is 11.9 Å². The topological polar surface area (TPSA) is 106 Å². The second-order valence-corrected chi connectivity index (χ2v) is 5.09. The summed E-state index contributed by atoms with van der Waals surface area (Å²) in [6.07, 6.45) is 1.26. The van der Waals surface area contributed by atoms with Crippen molar-refractivity contribution in [2.45, 2.75) is 5.92 Å². The molecule has 24 heavy (non-hydrogen) atoms. The van der Waals surface area contributed by atoms with Crippen LogP contribution in [0.2, 0.25) is 0 Å². The quantitative estimate of drug-likeness (QED) is 0.766. The molecule has 0 aromatic heterocycles. The summed E-state index contributed by atoms with van der Waals surface area (Å²) < 4.78 is 0. The Morgan fingerprint density at radius 1 is 0.917 bits per heavy atom. The number of allylic oxidation sites excluding steroid dienone is 3. The fourth-order valence-corrected chi connectivity index (χ4v) is 3.10. The molecule has 0 saturated carbocycles. The van der Waals surface area contributed by atoms with Gasteiger partial charge < -0.3 is 5.11 Å². The zero-order valence-electron chi connectivity index (χ0n) is 11.9. The average molecular weight is 318 g/mol. The van der Waals surface area contributed by atoms with E-state index in [0.717, 1.165) is 0 Å². The number of carbonyl (C=O) groups excluding carboxylic acids is 4. The van der Waals surface area contributed by atoms with Crippen molar-refractivity contribution in [3.63, 3.8) is 0 Å². The molecule has 1 aromatic carbocycles. The highest BCUT2D eigenvalue weighted by atomic mass is 16.4. The summed E-state index contributed by atoms with van der Waals surface area (Å²) in [5, 5.41) is 9.32. The largest absolute Gasteiger partial charge is 0.478 e. The fourth-order valence-electron chi connectivity index (χ4n) is 3.10. The van der Waals surface area contributed by atoms with Crippen molar-refractivity contribution >= 4 is 41.4 Å². The molecule has 1 atom stereocenters. The monoisotopic (exact) mass is 318 g/mol. The van der Waals surface area contributed by atoms with E-state index in [1.165, 1.54) is 18.1 Å². The van der Waals surface area contributed by atoms with E-state index in [9.17, 15) is 29.1 Å². The molecule has 0 fully saturated rings. The molecule has 0 amide bonds. The summed E-state index contributed by atoms with van der Waals surface area (Å²) in [6.45, 7) is 0. The number of carboxylic acid groups (broad SMARTS) is 1. The molecule has 114 valence electrons. The van der Waals surface area contributed by atoms with Crippen LogP contribution in [0.1, 0.15) is 22.6 Å². The standard InChI is InChI=1S/C18H6O6/c19-5-12-10-3-1-2-9-4-11(18(23)24)14(7-21)17(16(9)10)15(8-22)13(12)6-20/h1-4,17H,(H,23,24). The fraction of sp³-hybridized carbons (Fsp3) is 0.0556. The van der Waals surface area contributed by atoms with Crippen LogP contribution in [0.25, 0.3) is 11.6 Å². The minimum absolute atomic E-state index is 0.172. The lowest BCUT2D eigenvalue weighted by atomic mass is 9.66. The lowest BCUT2D eigenvalue weighted by Gasteiger charge is -2.32. The minimum atomic E-state index is -1.37. The zero-order chi connectivity index (χ0) is 17.4. The number of carboxylic acids is 1. The molecular weight excluding hydrogens is 312 g/mol. The summed E-state index contributed by atoms with van der Waals surface area (Å²) in [5.41, 5.74) is -0.444. The summed E-state index contributed by atoms with van der Waals surface area (Å²) in [5.74, 6) is 3.69. The molecule has 2 aliphatic rings. The van der Waals surface area contributed by atoms with Gasteiger partial charge in [-0.15, -0.1) is 0 Å². The molecule has 6 heteroatoms. The molecule has 0 spiro atoms. The van der Waals surface area contributed by atoms with Gasteiger partial charge in [-0.2, -0.15) is 0 Å². The van der Waals surface area contributed by atoms with Crippen LogP contribution in [0.15, 0.2) is 40.5 Å². The summed E-state index contributed by atoms with van der Waals surface area (Å²) in [6, 6.07) is 4.66. The molecule has 3 rings (SSSR count). The maximum absolute atomic E-state index is 11.4. The normalized spacial score (nSPS) is 17.8. The van der Waals surface area contributed by atoms with Gasteiger partial charge in [0.2, 0.25) is 0 Å². The van der Waals surface area contributed by atoms with Crippen molar-refractivity contribution in [1.82, 2.24) is 0 Å². The molecular formula is C18H6O6. The minimum Gasteiger partial charge on any atom is -0.478 e. The van der Waals surface area contributed by atoms with Crippen molar-refractivity contribution in [1.29, 1.82) is 0 Å². The highest BCUT2D eigenvalue weighted by Gasteiger charge is 2.42. The third-order valence-corrected chi connectivity index (χ3v) is 4.04. The number of carbonyl (C=O) groups is 1. The first-order valence-corrected chi connectivity index (χ1v) is 6.68. The van der Waals surface area contributed by atoms with Crippen LogP contribution in [0.3, 0.4) is 0 Å². The van der Waals surface area contributed by atoms with Crippen LogP contribution in [0.5, 0.6) is 0 Å². The molecule has 0 radical (unpaired) electrons. The lowest BCUT2D eigenvalue weighted by molar-refractivity contribution is -0.132. The number of hydrogen-bond donors (Lipinski definition) is 1. The van der Waals surface area contributed by atoms with E-state index in [-0.39, 0.29) is 27.9 Å². The highest BCUT2D eigenvalue weighted by molar-refractivity contribution is 6.12. The third kappa shape index (κ3) is 1.84. The maximum Gasteiger partial charge on any atom is 0.336 e. The van der Waals surface area contributed by atoms with Crippen LogP contribution < -0.4 is 0 Å². The Labute approximate surface area is 134 Å². The SMILES string of the molecule is O=C=C1C(=C=O)c2cccc3c2C(C1=C=O)C(=C=O)C(C(=O)O)=C3. The van der Waals surface area contributed by atoms with Crippen LogP contribution >= 0.6 is 0 Å². The number of aliphatic carboxylic acids is 1. The van der Waals surface area contributed by atoms with Crippen molar-refractivity contribution in [3.05, 3.63) is 57.2 Å². The van der Waals surface area contributed by atoms with E-state index >= 15 is 0 Å². The first-order chi connectivity index (χ1) is 11.6. The maximum atomic E-state index is 11.4. The summed E-state index contributed by atoms with van der Waals surface area (Å²) in [7, 11) is 0. The molecule has 0 saturated heterocycles. The lowest BCUT2D eigenvalue weighted by Crippen LogP contribution is -2.25. The van der Waals surface area contributed by atoms with Crippen molar-refractivity contribution in [2.24, 2.45) is 0 Å². The predicted octanol–water partition coefficient (Wildman–Crippen LogP) is 0.754. The van der Waals surface area contributed by atoms with Crippen LogP contribution in [-0.4, -0.2) is 34.8 Å². The number of rotatable bonds is 1. The van der Waals surface area contributed by atoms with Gasteiger partial charge in [0.15, 0.2) is 0 Å². The van der Waals surface area contributed by atoms with Gasteiger partial charge in [-0.1, -0.05) is 18.2 Å². The number of hydrogen-bond acceptors (Lipinski definition) is 5. The van der Waals surface area contributed by atoms with Crippen LogP contribution in [0, 0.1) is 0 Å². The van der Waals surface area contributed by atoms with Gasteiger partial charge >= 0.3 is 5.97 Å². The van der Waals surface area contributed by atoms with Gasteiger partial charge in [0, 0.05) is 0 Å². The smallest absolute Gasteiger partial charge is 0.336 e. The summed E-state index contributed by atoms with van der Waals surface area (Å²) in [4.78, 5) is 56.8. The Balaban J connectivity index is 2.56. The van der Waals surface area contributed by atoms with Gasteiger partial charge in [-0.05, 0) is 22.8 Å². The Kier molecular flexibility index (Phi) is 3.44. The molecule has 1 N–H and O–H groups in total. The Hall–Kier alpha value is -3.77. The van der Waals surface area contributed by atoms with Crippen LogP contribution in [0.4, 0.5) is 0 Å². The molecule has 1 aromatic rings. The van der Waals surface area contributed by atoms with Gasteiger partial charge in [0.25, 0.3) is 0 Å². The Morgan fingerprint density at radius 3 is 2.12 bits per heavy atom. The Bertz CT molecular complexity index is 1040. The second-order valence-electron chi connectivity index (χ2n) is 5.09. The molecule has 2 aliphatic carbocycles. The average Bonchev–Trinajstić information content (AvgIpc) is 2.60. The van der Waals surface area contributed by atoms with Gasteiger partial charge in [0.05, 0.1) is 33.8 Å². The number of benzene rings is 1. The molecule has 0 bridgehead atoms. The second kappa shape index (κ2) is 5.45. The highest BCUT2D eigenvalue weighted by Crippen LogP contribution is 2.50.